The molecule has 0 aromatic heterocycles. The van der Waals surface area contributed by atoms with Gasteiger partial charge in [0.2, 0.25) is 10.0 Å². The van der Waals surface area contributed by atoms with Gasteiger partial charge in [-0.25, -0.2) is 13.1 Å². The Hall–Kier alpha value is -1.51. The minimum Gasteiger partial charge on any atom is -0.395 e. The zero-order valence-electron chi connectivity index (χ0n) is 9.95. The van der Waals surface area contributed by atoms with Crippen molar-refractivity contribution in [3.8, 4) is 0 Å². The van der Waals surface area contributed by atoms with Gasteiger partial charge in [-0.1, -0.05) is 6.07 Å². The fourth-order valence-corrected chi connectivity index (χ4v) is 2.95. The van der Waals surface area contributed by atoms with Crippen LogP contribution in [0.3, 0.4) is 0 Å². The number of rotatable bonds is 5. The minimum atomic E-state index is -3.87. The monoisotopic (exact) mass is 274 g/mol. The zero-order chi connectivity index (χ0) is 13.9. The Balaban J connectivity index is 3.26. The first-order chi connectivity index (χ1) is 8.29. The Morgan fingerprint density at radius 1 is 1.50 bits per heavy atom. The van der Waals surface area contributed by atoms with E-state index in [1.165, 1.54) is 32.0 Å². The molecule has 0 amide bonds. The highest BCUT2D eigenvalue weighted by molar-refractivity contribution is 7.89. The average molecular weight is 274 g/mol. The quantitative estimate of drug-likeness (QED) is 0.602. The van der Waals surface area contributed by atoms with E-state index in [1.54, 1.807) is 0 Å². The summed E-state index contributed by atoms with van der Waals surface area (Å²) in [6, 6.07) is 3.18. The van der Waals surface area contributed by atoms with E-state index in [4.69, 9.17) is 5.11 Å². The summed E-state index contributed by atoms with van der Waals surface area (Å²) in [7, 11) is -3.87. The molecule has 0 aliphatic carbocycles. The molecule has 0 spiro atoms. The summed E-state index contributed by atoms with van der Waals surface area (Å²) in [4.78, 5) is 9.94. The molecule has 0 aliphatic rings. The standard InChI is InChI=1S/C10H14N2O5S/c1-7(6-13)11-18(16,17)10-5-3-4-9(8(10)2)12(14)15/h3-5,7,11,13H,6H2,1-2H3. The van der Waals surface area contributed by atoms with Crippen molar-refractivity contribution in [1.82, 2.24) is 4.72 Å². The number of nitro groups is 1. The third-order valence-corrected chi connectivity index (χ3v) is 4.11. The predicted molar refractivity (Wildman–Crippen MR) is 64.7 cm³/mol. The molecule has 100 valence electrons. The first-order valence-corrected chi connectivity index (χ1v) is 6.65. The normalized spacial score (nSPS) is 13.3. The summed E-state index contributed by atoms with van der Waals surface area (Å²) in [6.45, 7) is 2.51. The van der Waals surface area contributed by atoms with E-state index in [0.717, 1.165) is 0 Å². The Morgan fingerprint density at radius 3 is 2.61 bits per heavy atom. The topological polar surface area (TPSA) is 110 Å². The maximum atomic E-state index is 12.0. The molecule has 1 unspecified atom stereocenters. The summed E-state index contributed by atoms with van der Waals surface area (Å²) < 4.78 is 26.1. The SMILES string of the molecule is Cc1c([N+](=O)[O-])cccc1S(=O)(=O)NC(C)CO. The maximum Gasteiger partial charge on any atom is 0.273 e. The molecule has 7 nitrogen and oxygen atoms in total. The number of aliphatic hydroxyl groups is 1. The molecule has 0 saturated carbocycles. The van der Waals surface area contributed by atoms with Crippen molar-refractivity contribution in [2.45, 2.75) is 24.8 Å². The van der Waals surface area contributed by atoms with Gasteiger partial charge >= 0.3 is 0 Å². The fraction of sp³-hybridized carbons (Fsp3) is 0.400. The van der Waals surface area contributed by atoms with Crippen LogP contribution in [0, 0.1) is 17.0 Å². The third-order valence-electron chi connectivity index (χ3n) is 2.37. The van der Waals surface area contributed by atoms with E-state index >= 15 is 0 Å². The van der Waals surface area contributed by atoms with Crippen LogP contribution in [0.15, 0.2) is 23.1 Å². The summed E-state index contributed by atoms with van der Waals surface area (Å²) in [5.74, 6) is 0. The lowest BCUT2D eigenvalue weighted by Crippen LogP contribution is -2.35. The van der Waals surface area contributed by atoms with E-state index in [9.17, 15) is 18.5 Å². The molecule has 0 heterocycles. The number of hydrogen-bond donors (Lipinski definition) is 2. The minimum absolute atomic E-state index is 0.0696. The molecule has 2 N–H and O–H groups in total. The molecule has 0 bridgehead atoms. The molecule has 0 saturated heterocycles. The fourth-order valence-electron chi connectivity index (χ4n) is 1.46. The van der Waals surface area contributed by atoms with Gasteiger partial charge in [0.1, 0.15) is 0 Å². The number of hydrogen-bond acceptors (Lipinski definition) is 5. The maximum absolute atomic E-state index is 12.0. The third kappa shape index (κ3) is 3.03. The van der Waals surface area contributed by atoms with Crippen molar-refractivity contribution in [3.05, 3.63) is 33.9 Å². The predicted octanol–water partition coefficient (Wildman–Crippen LogP) is 0.562. The Morgan fingerprint density at radius 2 is 2.11 bits per heavy atom. The van der Waals surface area contributed by atoms with Crippen molar-refractivity contribution in [1.29, 1.82) is 0 Å². The van der Waals surface area contributed by atoms with Crippen LogP contribution >= 0.6 is 0 Å². The average Bonchev–Trinajstić information content (AvgIpc) is 2.27. The first kappa shape index (κ1) is 14.6. The number of nitrogens with zero attached hydrogens (tertiary/aromatic N) is 1. The highest BCUT2D eigenvalue weighted by Gasteiger charge is 2.23. The van der Waals surface area contributed by atoms with Gasteiger partial charge in [0.25, 0.3) is 5.69 Å². The second-order valence-corrected chi connectivity index (χ2v) is 5.54. The van der Waals surface area contributed by atoms with Crippen LogP contribution < -0.4 is 4.72 Å². The number of nitrogens with one attached hydrogen (secondary N) is 1. The van der Waals surface area contributed by atoms with E-state index in [-0.39, 0.29) is 22.8 Å². The van der Waals surface area contributed by atoms with E-state index in [0.29, 0.717) is 0 Å². The molecule has 1 rings (SSSR count). The molecule has 1 aromatic rings. The second kappa shape index (κ2) is 5.42. The second-order valence-electron chi connectivity index (χ2n) is 3.86. The van der Waals surface area contributed by atoms with Crippen molar-refractivity contribution < 1.29 is 18.4 Å². The zero-order valence-corrected chi connectivity index (χ0v) is 10.8. The first-order valence-electron chi connectivity index (χ1n) is 5.16. The van der Waals surface area contributed by atoms with E-state index in [2.05, 4.69) is 4.72 Å². The molecular formula is C10H14N2O5S. The van der Waals surface area contributed by atoms with Gasteiger partial charge in [-0.2, -0.15) is 0 Å². The van der Waals surface area contributed by atoms with Crippen LogP contribution in [0.1, 0.15) is 12.5 Å². The highest BCUT2D eigenvalue weighted by Crippen LogP contribution is 2.24. The summed E-state index contributed by atoms with van der Waals surface area (Å²) >= 11 is 0. The van der Waals surface area contributed by atoms with Crippen LogP contribution in [-0.2, 0) is 10.0 Å². The number of sulfonamides is 1. The highest BCUT2D eigenvalue weighted by atomic mass is 32.2. The van der Waals surface area contributed by atoms with Crippen LogP contribution in [0.5, 0.6) is 0 Å². The van der Waals surface area contributed by atoms with Crippen LogP contribution in [0.2, 0.25) is 0 Å². The summed E-state index contributed by atoms with van der Waals surface area (Å²) in [5.41, 5.74) is -0.185. The Kier molecular flexibility index (Phi) is 4.38. The number of nitro benzene ring substituents is 1. The molecule has 8 heteroatoms. The van der Waals surface area contributed by atoms with Crippen LogP contribution in [-0.4, -0.2) is 31.1 Å². The van der Waals surface area contributed by atoms with E-state index in [1.807, 2.05) is 0 Å². The number of benzene rings is 1. The van der Waals surface area contributed by atoms with Crippen LogP contribution in [0.25, 0.3) is 0 Å². The molecule has 0 radical (unpaired) electrons. The van der Waals surface area contributed by atoms with Gasteiger partial charge in [-0.15, -0.1) is 0 Å². The van der Waals surface area contributed by atoms with Crippen LogP contribution in [0.4, 0.5) is 5.69 Å². The van der Waals surface area contributed by atoms with Gasteiger partial charge in [0, 0.05) is 17.7 Å². The van der Waals surface area contributed by atoms with Gasteiger partial charge in [-0.05, 0) is 19.9 Å². The number of aliphatic hydroxyl groups excluding tert-OH is 1. The lowest BCUT2D eigenvalue weighted by molar-refractivity contribution is -0.385. The summed E-state index contributed by atoms with van der Waals surface area (Å²) in [5, 5.41) is 19.6. The van der Waals surface area contributed by atoms with Gasteiger partial charge in [-0.3, -0.25) is 10.1 Å². The van der Waals surface area contributed by atoms with Crippen molar-refractivity contribution >= 4 is 15.7 Å². The lowest BCUT2D eigenvalue weighted by atomic mass is 10.2. The van der Waals surface area contributed by atoms with Crippen molar-refractivity contribution in [3.63, 3.8) is 0 Å². The summed E-state index contributed by atoms with van der Waals surface area (Å²) in [6.07, 6.45) is 0. The molecule has 18 heavy (non-hydrogen) atoms. The van der Waals surface area contributed by atoms with Gasteiger partial charge in [0.05, 0.1) is 16.4 Å². The largest absolute Gasteiger partial charge is 0.395 e. The molecule has 1 aromatic carbocycles. The molecule has 0 fully saturated rings. The lowest BCUT2D eigenvalue weighted by Gasteiger charge is -2.13. The van der Waals surface area contributed by atoms with E-state index < -0.39 is 21.0 Å². The van der Waals surface area contributed by atoms with Gasteiger partial charge in [0.15, 0.2) is 0 Å². The molecular weight excluding hydrogens is 260 g/mol. The Labute approximate surface area is 105 Å². The van der Waals surface area contributed by atoms with Crippen molar-refractivity contribution in [2.75, 3.05) is 6.61 Å². The van der Waals surface area contributed by atoms with Crippen molar-refractivity contribution in [2.24, 2.45) is 0 Å². The Bertz CT molecular complexity index is 555. The smallest absolute Gasteiger partial charge is 0.273 e. The van der Waals surface area contributed by atoms with Gasteiger partial charge < -0.3 is 5.11 Å². The molecule has 0 aliphatic heterocycles. The molecule has 1 atom stereocenters.